The van der Waals surface area contributed by atoms with Crippen molar-refractivity contribution in [2.24, 2.45) is 0 Å². The number of hydrogen-bond acceptors (Lipinski definition) is 1. The second-order valence-corrected chi connectivity index (χ2v) is 3.94. The van der Waals surface area contributed by atoms with E-state index in [9.17, 15) is 0 Å². The Labute approximate surface area is 91.5 Å². The minimum atomic E-state index is 0.656. The van der Waals surface area contributed by atoms with Crippen LogP contribution >= 0.6 is 27.5 Å². The average Bonchev–Trinajstić information content (AvgIpc) is 2.17. The Morgan fingerprint density at radius 1 is 1.46 bits per heavy atom. The highest BCUT2D eigenvalue weighted by molar-refractivity contribution is 9.10. The first-order valence-electron chi connectivity index (χ1n) is 4.02. The molecular formula is C10H9BrClN. The molecule has 0 amide bonds. The summed E-state index contributed by atoms with van der Waals surface area (Å²) in [6.45, 7) is 0. The van der Waals surface area contributed by atoms with E-state index in [1.165, 1.54) is 0 Å². The predicted molar refractivity (Wildman–Crippen MR) is 57.9 cm³/mol. The molecule has 0 bridgehead atoms. The van der Waals surface area contributed by atoms with Crippen LogP contribution in [0.3, 0.4) is 0 Å². The second kappa shape index (κ2) is 5.26. The Balaban J connectivity index is 2.85. The quantitative estimate of drug-likeness (QED) is 0.761. The first kappa shape index (κ1) is 10.6. The number of rotatable bonds is 3. The molecule has 0 aliphatic heterocycles. The standard InChI is InChI=1S/C10H9BrClN/c11-10-4-3-8(7-13)6-9(10)2-1-5-12/h3-4,6H,1-2,5H2. The van der Waals surface area contributed by atoms with E-state index in [1.54, 1.807) is 6.07 Å². The van der Waals surface area contributed by atoms with Gasteiger partial charge in [0.25, 0.3) is 0 Å². The van der Waals surface area contributed by atoms with Gasteiger partial charge in [0.05, 0.1) is 11.6 Å². The van der Waals surface area contributed by atoms with Gasteiger partial charge in [0.1, 0.15) is 0 Å². The van der Waals surface area contributed by atoms with Crippen LogP contribution < -0.4 is 0 Å². The van der Waals surface area contributed by atoms with Crippen molar-refractivity contribution in [1.82, 2.24) is 0 Å². The molecule has 68 valence electrons. The maximum atomic E-state index is 8.69. The third-order valence-electron chi connectivity index (χ3n) is 1.75. The van der Waals surface area contributed by atoms with Crippen LogP contribution in [0.1, 0.15) is 17.5 Å². The summed E-state index contributed by atoms with van der Waals surface area (Å²) in [6.07, 6.45) is 1.86. The second-order valence-electron chi connectivity index (χ2n) is 2.71. The van der Waals surface area contributed by atoms with Gasteiger partial charge < -0.3 is 0 Å². The SMILES string of the molecule is N#Cc1ccc(Br)c(CCCCl)c1. The van der Waals surface area contributed by atoms with Crippen molar-refractivity contribution in [1.29, 1.82) is 5.26 Å². The van der Waals surface area contributed by atoms with Gasteiger partial charge in [-0.15, -0.1) is 11.6 Å². The summed E-state index contributed by atoms with van der Waals surface area (Å²) in [5, 5.41) is 8.69. The van der Waals surface area contributed by atoms with Crippen LogP contribution in [0.5, 0.6) is 0 Å². The Morgan fingerprint density at radius 2 is 2.23 bits per heavy atom. The van der Waals surface area contributed by atoms with E-state index >= 15 is 0 Å². The van der Waals surface area contributed by atoms with Gasteiger partial charge in [-0.25, -0.2) is 0 Å². The molecule has 1 nitrogen and oxygen atoms in total. The smallest absolute Gasteiger partial charge is 0.0991 e. The predicted octanol–water partition coefficient (Wildman–Crippen LogP) is 3.49. The van der Waals surface area contributed by atoms with E-state index in [0.29, 0.717) is 11.4 Å². The maximum Gasteiger partial charge on any atom is 0.0991 e. The first-order valence-corrected chi connectivity index (χ1v) is 5.35. The number of aryl methyl sites for hydroxylation is 1. The van der Waals surface area contributed by atoms with Crippen molar-refractivity contribution in [2.75, 3.05) is 5.88 Å². The lowest BCUT2D eigenvalue weighted by Crippen LogP contribution is -1.89. The highest BCUT2D eigenvalue weighted by Gasteiger charge is 2.00. The van der Waals surface area contributed by atoms with E-state index in [4.69, 9.17) is 16.9 Å². The van der Waals surface area contributed by atoms with Gasteiger partial charge in [0, 0.05) is 10.4 Å². The highest BCUT2D eigenvalue weighted by Crippen LogP contribution is 2.19. The van der Waals surface area contributed by atoms with E-state index in [-0.39, 0.29) is 0 Å². The topological polar surface area (TPSA) is 23.8 Å². The maximum absolute atomic E-state index is 8.69. The number of nitrogens with zero attached hydrogens (tertiary/aromatic N) is 1. The van der Waals surface area contributed by atoms with Crippen LogP contribution in [0.15, 0.2) is 22.7 Å². The lowest BCUT2D eigenvalue weighted by atomic mass is 10.1. The van der Waals surface area contributed by atoms with Gasteiger partial charge in [0.2, 0.25) is 0 Å². The summed E-state index contributed by atoms with van der Waals surface area (Å²) in [5.41, 5.74) is 1.85. The largest absolute Gasteiger partial charge is 0.192 e. The van der Waals surface area contributed by atoms with E-state index in [1.807, 2.05) is 12.1 Å². The van der Waals surface area contributed by atoms with Crippen molar-refractivity contribution in [3.8, 4) is 6.07 Å². The van der Waals surface area contributed by atoms with E-state index in [2.05, 4.69) is 22.0 Å². The monoisotopic (exact) mass is 257 g/mol. The minimum Gasteiger partial charge on any atom is -0.192 e. The summed E-state index contributed by atoms with van der Waals surface area (Å²) >= 11 is 9.03. The highest BCUT2D eigenvalue weighted by atomic mass is 79.9. The van der Waals surface area contributed by atoms with Crippen molar-refractivity contribution < 1.29 is 0 Å². The van der Waals surface area contributed by atoms with E-state index < -0.39 is 0 Å². The molecule has 13 heavy (non-hydrogen) atoms. The summed E-state index contributed by atoms with van der Waals surface area (Å²) < 4.78 is 1.05. The first-order chi connectivity index (χ1) is 6.27. The fourth-order valence-corrected chi connectivity index (χ4v) is 1.67. The summed E-state index contributed by atoms with van der Waals surface area (Å²) in [4.78, 5) is 0. The van der Waals surface area contributed by atoms with Crippen molar-refractivity contribution in [3.05, 3.63) is 33.8 Å². The molecule has 0 heterocycles. The summed E-state index contributed by atoms with van der Waals surface area (Å²) in [7, 11) is 0. The Kier molecular flexibility index (Phi) is 4.27. The molecule has 3 heteroatoms. The van der Waals surface area contributed by atoms with Crippen LogP contribution in [0.4, 0.5) is 0 Å². The van der Waals surface area contributed by atoms with Gasteiger partial charge in [-0.3, -0.25) is 0 Å². The van der Waals surface area contributed by atoms with Gasteiger partial charge in [-0.05, 0) is 36.6 Å². The summed E-state index contributed by atoms with van der Waals surface area (Å²) in [6, 6.07) is 7.72. The number of alkyl halides is 1. The van der Waals surface area contributed by atoms with Crippen LogP contribution in [0, 0.1) is 11.3 Å². The summed E-state index contributed by atoms with van der Waals surface area (Å²) in [5.74, 6) is 0.656. The number of hydrogen-bond donors (Lipinski definition) is 0. The molecule has 0 spiro atoms. The molecule has 1 aromatic carbocycles. The third kappa shape index (κ3) is 3.02. The van der Waals surface area contributed by atoms with E-state index in [0.717, 1.165) is 22.9 Å². The molecule has 0 unspecified atom stereocenters. The molecule has 0 saturated carbocycles. The molecule has 0 saturated heterocycles. The van der Waals surface area contributed by atoms with Gasteiger partial charge in [-0.1, -0.05) is 15.9 Å². The fraction of sp³-hybridized carbons (Fsp3) is 0.300. The number of benzene rings is 1. The third-order valence-corrected chi connectivity index (χ3v) is 2.80. The molecule has 0 radical (unpaired) electrons. The molecule has 0 atom stereocenters. The van der Waals surface area contributed by atoms with Crippen molar-refractivity contribution in [3.63, 3.8) is 0 Å². The molecular weight excluding hydrogens is 249 g/mol. The van der Waals surface area contributed by atoms with Gasteiger partial charge >= 0.3 is 0 Å². The normalized spacial score (nSPS) is 9.62. The Hall–Kier alpha value is -0.520. The molecule has 1 aromatic rings. The Bertz CT molecular complexity index is 330. The average molecular weight is 259 g/mol. The zero-order chi connectivity index (χ0) is 9.68. The molecule has 0 aromatic heterocycles. The molecule has 0 N–H and O–H groups in total. The zero-order valence-electron chi connectivity index (χ0n) is 7.06. The zero-order valence-corrected chi connectivity index (χ0v) is 9.40. The van der Waals surface area contributed by atoms with Crippen molar-refractivity contribution in [2.45, 2.75) is 12.8 Å². The molecule has 0 aliphatic rings. The molecule has 0 fully saturated rings. The van der Waals surface area contributed by atoms with Gasteiger partial charge in [0.15, 0.2) is 0 Å². The minimum absolute atomic E-state index is 0.656. The van der Waals surface area contributed by atoms with Crippen LogP contribution in [-0.2, 0) is 6.42 Å². The van der Waals surface area contributed by atoms with Crippen LogP contribution in [-0.4, -0.2) is 5.88 Å². The van der Waals surface area contributed by atoms with Gasteiger partial charge in [-0.2, -0.15) is 5.26 Å². The lowest BCUT2D eigenvalue weighted by molar-refractivity contribution is 0.923. The lowest BCUT2D eigenvalue weighted by Gasteiger charge is -2.02. The molecule has 0 aliphatic carbocycles. The number of halogens is 2. The number of nitriles is 1. The van der Waals surface area contributed by atoms with Crippen LogP contribution in [0.25, 0.3) is 0 Å². The van der Waals surface area contributed by atoms with Crippen LogP contribution in [0.2, 0.25) is 0 Å². The molecule has 1 rings (SSSR count). The van der Waals surface area contributed by atoms with Crippen molar-refractivity contribution >= 4 is 27.5 Å². The fourth-order valence-electron chi connectivity index (χ4n) is 1.09. The Morgan fingerprint density at radius 3 is 2.85 bits per heavy atom.